The van der Waals surface area contributed by atoms with E-state index in [1.807, 2.05) is 6.07 Å². The first-order valence-electron chi connectivity index (χ1n) is 5.54. The van der Waals surface area contributed by atoms with Crippen LogP contribution in [0.25, 0.3) is 0 Å². The van der Waals surface area contributed by atoms with E-state index in [9.17, 15) is 4.79 Å². The van der Waals surface area contributed by atoms with E-state index in [0.717, 1.165) is 5.56 Å². The number of aliphatic carboxylic acids is 1. The standard InChI is InChI=1S/C14H16O4/c1-4-7-18-12-6-5-11(9-13(12)17-3)8-10(2)14(15)16/h1,5-6,9-10H,7-8H2,2-3H3,(H,15,16). The normalized spacial score (nSPS) is 11.4. The molecule has 0 heterocycles. The van der Waals surface area contributed by atoms with Crippen molar-refractivity contribution in [2.45, 2.75) is 13.3 Å². The number of benzene rings is 1. The topological polar surface area (TPSA) is 55.8 Å². The van der Waals surface area contributed by atoms with E-state index in [-0.39, 0.29) is 6.61 Å². The van der Waals surface area contributed by atoms with Crippen molar-refractivity contribution in [1.29, 1.82) is 0 Å². The lowest BCUT2D eigenvalue weighted by Crippen LogP contribution is -2.12. The molecule has 1 N–H and O–H groups in total. The van der Waals surface area contributed by atoms with Crippen LogP contribution in [0.5, 0.6) is 11.5 Å². The molecule has 0 saturated carbocycles. The number of hydrogen-bond acceptors (Lipinski definition) is 3. The van der Waals surface area contributed by atoms with Gasteiger partial charge in [-0.05, 0) is 24.1 Å². The van der Waals surface area contributed by atoms with Crippen molar-refractivity contribution < 1.29 is 19.4 Å². The highest BCUT2D eigenvalue weighted by Gasteiger charge is 2.13. The molecule has 0 aliphatic carbocycles. The van der Waals surface area contributed by atoms with Crippen LogP contribution < -0.4 is 9.47 Å². The van der Waals surface area contributed by atoms with E-state index < -0.39 is 11.9 Å². The highest BCUT2D eigenvalue weighted by molar-refractivity contribution is 5.70. The molecule has 1 aromatic carbocycles. The van der Waals surface area contributed by atoms with Crippen LogP contribution in [-0.4, -0.2) is 24.8 Å². The quantitative estimate of drug-likeness (QED) is 0.782. The third kappa shape index (κ3) is 3.70. The largest absolute Gasteiger partial charge is 0.493 e. The molecule has 1 aromatic rings. The van der Waals surface area contributed by atoms with Crippen molar-refractivity contribution in [3.05, 3.63) is 23.8 Å². The van der Waals surface area contributed by atoms with Gasteiger partial charge in [0, 0.05) is 0 Å². The van der Waals surface area contributed by atoms with Gasteiger partial charge in [0.1, 0.15) is 6.61 Å². The Bertz CT molecular complexity index is 459. The van der Waals surface area contributed by atoms with Gasteiger partial charge in [-0.25, -0.2) is 0 Å². The van der Waals surface area contributed by atoms with Crippen molar-refractivity contribution in [2.24, 2.45) is 5.92 Å². The number of methoxy groups -OCH3 is 1. The fourth-order valence-electron chi connectivity index (χ4n) is 1.52. The highest BCUT2D eigenvalue weighted by atomic mass is 16.5. The molecular weight excluding hydrogens is 232 g/mol. The second-order valence-corrected chi connectivity index (χ2v) is 3.92. The molecule has 18 heavy (non-hydrogen) atoms. The summed E-state index contributed by atoms with van der Waals surface area (Å²) in [5.41, 5.74) is 0.884. The predicted octanol–water partition coefficient (Wildman–Crippen LogP) is 1.97. The van der Waals surface area contributed by atoms with Crippen LogP contribution in [-0.2, 0) is 11.2 Å². The number of ether oxygens (including phenoxy) is 2. The van der Waals surface area contributed by atoms with Crippen LogP contribution in [0.2, 0.25) is 0 Å². The summed E-state index contributed by atoms with van der Waals surface area (Å²) in [5, 5.41) is 8.86. The summed E-state index contributed by atoms with van der Waals surface area (Å²) >= 11 is 0. The first-order valence-corrected chi connectivity index (χ1v) is 5.54. The molecule has 0 saturated heterocycles. The SMILES string of the molecule is C#CCOc1ccc(CC(C)C(=O)O)cc1OC. The first kappa shape index (κ1) is 13.9. The van der Waals surface area contributed by atoms with Crippen LogP contribution in [0.3, 0.4) is 0 Å². The smallest absolute Gasteiger partial charge is 0.306 e. The van der Waals surface area contributed by atoms with Crippen LogP contribution in [0.15, 0.2) is 18.2 Å². The number of hydrogen-bond donors (Lipinski definition) is 1. The zero-order valence-electron chi connectivity index (χ0n) is 10.5. The zero-order chi connectivity index (χ0) is 13.5. The van der Waals surface area contributed by atoms with Crippen molar-refractivity contribution in [2.75, 3.05) is 13.7 Å². The summed E-state index contributed by atoms with van der Waals surface area (Å²) in [7, 11) is 1.53. The van der Waals surface area contributed by atoms with E-state index in [4.69, 9.17) is 21.0 Å². The van der Waals surface area contributed by atoms with Crippen molar-refractivity contribution in [3.8, 4) is 23.8 Å². The molecule has 0 bridgehead atoms. The third-order valence-electron chi connectivity index (χ3n) is 2.50. The van der Waals surface area contributed by atoms with E-state index in [1.54, 1.807) is 19.1 Å². The fourth-order valence-corrected chi connectivity index (χ4v) is 1.52. The van der Waals surface area contributed by atoms with E-state index in [1.165, 1.54) is 7.11 Å². The van der Waals surface area contributed by atoms with Gasteiger partial charge in [-0.2, -0.15) is 0 Å². The van der Waals surface area contributed by atoms with Crippen molar-refractivity contribution in [1.82, 2.24) is 0 Å². The Kier molecular flexibility index (Phi) is 5.06. The van der Waals surface area contributed by atoms with E-state index >= 15 is 0 Å². The van der Waals surface area contributed by atoms with Gasteiger partial charge in [0.2, 0.25) is 0 Å². The number of carbonyl (C=O) groups is 1. The number of rotatable bonds is 6. The summed E-state index contributed by atoms with van der Waals surface area (Å²) in [6.07, 6.45) is 5.56. The number of carboxylic acid groups (broad SMARTS) is 1. The molecule has 1 unspecified atom stereocenters. The lowest BCUT2D eigenvalue weighted by Gasteiger charge is -2.12. The average molecular weight is 248 g/mol. The van der Waals surface area contributed by atoms with Gasteiger partial charge in [0.05, 0.1) is 13.0 Å². The fraction of sp³-hybridized carbons (Fsp3) is 0.357. The third-order valence-corrected chi connectivity index (χ3v) is 2.50. The minimum Gasteiger partial charge on any atom is -0.493 e. The Morgan fingerprint density at radius 1 is 1.50 bits per heavy atom. The van der Waals surface area contributed by atoms with Gasteiger partial charge in [0.15, 0.2) is 11.5 Å². The summed E-state index contributed by atoms with van der Waals surface area (Å²) in [6, 6.07) is 5.32. The zero-order valence-corrected chi connectivity index (χ0v) is 10.5. The average Bonchev–Trinajstić information content (AvgIpc) is 2.36. The first-order chi connectivity index (χ1) is 8.58. The minimum absolute atomic E-state index is 0.168. The second kappa shape index (κ2) is 6.55. The Labute approximate surface area is 107 Å². The predicted molar refractivity (Wildman–Crippen MR) is 67.8 cm³/mol. The molecule has 1 atom stereocenters. The highest BCUT2D eigenvalue weighted by Crippen LogP contribution is 2.28. The number of terminal acetylenes is 1. The molecule has 0 spiro atoms. The molecule has 96 valence electrons. The molecular formula is C14H16O4. The molecule has 0 aliphatic rings. The summed E-state index contributed by atoms with van der Waals surface area (Å²) in [5.74, 6) is 2.23. The van der Waals surface area contributed by atoms with Crippen LogP contribution in [0, 0.1) is 18.3 Å². The second-order valence-electron chi connectivity index (χ2n) is 3.92. The molecule has 0 aliphatic heterocycles. The van der Waals surface area contributed by atoms with Crippen molar-refractivity contribution >= 4 is 5.97 Å². The van der Waals surface area contributed by atoms with Crippen LogP contribution in [0.4, 0.5) is 0 Å². The maximum Gasteiger partial charge on any atom is 0.306 e. The molecule has 0 fully saturated rings. The van der Waals surface area contributed by atoms with Gasteiger partial charge in [-0.15, -0.1) is 6.42 Å². The Hall–Kier alpha value is -2.15. The van der Waals surface area contributed by atoms with Crippen LogP contribution >= 0.6 is 0 Å². The van der Waals surface area contributed by atoms with E-state index in [2.05, 4.69) is 5.92 Å². The monoisotopic (exact) mass is 248 g/mol. The summed E-state index contributed by atoms with van der Waals surface area (Å²) in [4.78, 5) is 10.8. The Morgan fingerprint density at radius 3 is 2.78 bits per heavy atom. The molecule has 4 heteroatoms. The van der Waals surface area contributed by atoms with Gasteiger partial charge < -0.3 is 14.6 Å². The molecule has 0 aromatic heterocycles. The minimum atomic E-state index is -0.818. The summed E-state index contributed by atoms with van der Waals surface area (Å²) in [6.45, 7) is 1.83. The van der Waals surface area contributed by atoms with Gasteiger partial charge in [-0.3, -0.25) is 4.79 Å². The Balaban J connectivity index is 2.85. The number of carboxylic acids is 1. The van der Waals surface area contributed by atoms with Gasteiger partial charge in [0.25, 0.3) is 0 Å². The molecule has 1 rings (SSSR count). The molecule has 0 amide bonds. The lowest BCUT2D eigenvalue weighted by atomic mass is 10.0. The van der Waals surface area contributed by atoms with Crippen molar-refractivity contribution in [3.63, 3.8) is 0 Å². The lowest BCUT2D eigenvalue weighted by molar-refractivity contribution is -0.141. The van der Waals surface area contributed by atoms with Gasteiger partial charge >= 0.3 is 5.97 Å². The Morgan fingerprint density at radius 2 is 2.22 bits per heavy atom. The maximum absolute atomic E-state index is 10.8. The molecule has 4 nitrogen and oxygen atoms in total. The summed E-state index contributed by atoms with van der Waals surface area (Å²) < 4.78 is 10.5. The van der Waals surface area contributed by atoms with Crippen LogP contribution in [0.1, 0.15) is 12.5 Å². The molecule has 0 radical (unpaired) electrons. The maximum atomic E-state index is 10.8. The van der Waals surface area contributed by atoms with E-state index in [0.29, 0.717) is 17.9 Å². The van der Waals surface area contributed by atoms with Gasteiger partial charge in [-0.1, -0.05) is 18.9 Å².